The predicted octanol–water partition coefficient (Wildman–Crippen LogP) is 1.48. The van der Waals surface area contributed by atoms with Gasteiger partial charge in [-0.3, -0.25) is 16.2 Å². The lowest BCUT2D eigenvalue weighted by Crippen LogP contribution is -2.62. The summed E-state index contributed by atoms with van der Waals surface area (Å²) in [4.78, 5) is 2.47. The van der Waals surface area contributed by atoms with Gasteiger partial charge in [-0.15, -0.1) is 0 Å². The van der Waals surface area contributed by atoms with Crippen LogP contribution >= 0.6 is 0 Å². The van der Waals surface area contributed by atoms with Crippen molar-refractivity contribution in [3.05, 3.63) is 35.4 Å². The smallest absolute Gasteiger partial charge is 0.0594 e. The van der Waals surface area contributed by atoms with Crippen LogP contribution in [0.2, 0.25) is 0 Å². The molecule has 0 bridgehead atoms. The number of hydrogen-bond acceptors (Lipinski definition) is 4. The summed E-state index contributed by atoms with van der Waals surface area (Å²) in [5.74, 6) is 5.84. The van der Waals surface area contributed by atoms with Crippen molar-refractivity contribution in [2.75, 3.05) is 26.3 Å². The number of nitrogens with zero attached hydrogens (tertiary/aromatic N) is 1. The lowest BCUT2D eigenvalue weighted by molar-refractivity contribution is -0.0233. The van der Waals surface area contributed by atoms with Gasteiger partial charge in [-0.25, -0.2) is 0 Å². The summed E-state index contributed by atoms with van der Waals surface area (Å²) in [6, 6.07) is 8.86. The van der Waals surface area contributed by atoms with Crippen molar-refractivity contribution < 1.29 is 4.74 Å². The minimum absolute atomic E-state index is 0.00226. The average Bonchev–Trinajstić information content (AvgIpc) is 2.45. The van der Waals surface area contributed by atoms with E-state index >= 15 is 0 Å². The van der Waals surface area contributed by atoms with E-state index in [0.29, 0.717) is 0 Å². The minimum atomic E-state index is 0.00226. The summed E-state index contributed by atoms with van der Waals surface area (Å²) in [6.07, 6.45) is 0.933. The summed E-state index contributed by atoms with van der Waals surface area (Å²) < 4.78 is 5.45. The lowest BCUT2D eigenvalue weighted by atomic mass is 9.87. The van der Waals surface area contributed by atoms with E-state index in [9.17, 15) is 0 Å². The van der Waals surface area contributed by atoms with E-state index in [1.54, 1.807) is 0 Å². The van der Waals surface area contributed by atoms with Gasteiger partial charge < -0.3 is 4.74 Å². The molecule has 3 N–H and O–H groups in total. The number of ether oxygens (including phenoxy) is 1. The molecule has 2 rings (SSSR count). The number of aryl methyl sites for hydroxylation is 1. The van der Waals surface area contributed by atoms with Crippen molar-refractivity contribution in [2.24, 2.45) is 5.84 Å². The molecule has 0 radical (unpaired) electrons. The second-order valence-corrected chi connectivity index (χ2v) is 6.17. The van der Waals surface area contributed by atoms with Crippen molar-refractivity contribution in [3.63, 3.8) is 0 Å². The summed E-state index contributed by atoms with van der Waals surface area (Å²) in [5, 5.41) is 0. The fraction of sp³-hybridized carbons (Fsp3) is 0.625. The van der Waals surface area contributed by atoms with Crippen LogP contribution in [-0.2, 0) is 11.2 Å². The monoisotopic (exact) mass is 277 g/mol. The molecule has 0 aliphatic carbocycles. The van der Waals surface area contributed by atoms with Crippen LogP contribution in [0, 0.1) is 6.92 Å². The van der Waals surface area contributed by atoms with E-state index < -0.39 is 0 Å². The van der Waals surface area contributed by atoms with Crippen LogP contribution in [0.5, 0.6) is 0 Å². The van der Waals surface area contributed by atoms with Gasteiger partial charge in [0.15, 0.2) is 0 Å². The van der Waals surface area contributed by atoms with Gasteiger partial charge in [0, 0.05) is 24.7 Å². The molecule has 1 unspecified atom stereocenters. The van der Waals surface area contributed by atoms with Crippen LogP contribution in [0.15, 0.2) is 24.3 Å². The number of nitrogens with one attached hydrogen (secondary N) is 1. The molecule has 1 saturated heterocycles. The van der Waals surface area contributed by atoms with Crippen LogP contribution in [-0.4, -0.2) is 42.8 Å². The molecule has 0 saturated carbocycles. The van der Waals surface area contributed by atoms with Gasteiger partial charge in [0.2, 0.25) is 0 Å². The van der Waals surface area contributed by atoms with E-state index in [4.69, 9.17) is 10.6 Å². The van der Waals surface area contributed by atoms with Crippen LogP contribution in [0.4, 0.5) is 0 Å². The van der Waals surface area contributed by atoms with E-state index in [1.807, 2.05) is 0 Å². The number of rotatable bonds is 5. The first-order valence-electron chi connectivity index (χ1n) is 7.38. The number of hydrogen-bond donors (Lipinski definition) is 2. The number of morpholine rings is 1. The second-order valence-electron chi connectivity index (χ2n) is 6.17. The van der Waals surface area contributed by atoms with Gasteiger partial charge in [-0.05, 0) is 32.8 Å². The highest BCUT2D eigenvalue weighted by molar-refractivity contribution is 5.23. The van der Waals surface area contributed by atoms with Crippen molar-refractivity contribution in [3.8, 4) is 0 Å². The molecule has 1 atom stereocenters. The Balaban J connectivity index is 2.09. The second kappa shape index (κ2) is 6.68. The average molecular weight is 277 g/mol. The Morgan fingerprint density at radius 3 is 2.65 bits per heavy atom. The zero-order valence-corrected chi connectivity index (χ0v) is 12.9. The van der Waals surface area contributed by atoms with Gasteiger partial charge in [0.1, 0.15) is 0 Å². The van der Waals surface area contributed by atoms with Crippen molar-refractivity contribution in [1.82, 2.24) is 10.3 Å². The van der Waals surface area contributed by atoms with E-state index in [2.05, 4.69) is 55.4 Å². The largest absolute Gasteiger partial charge is 0.379 e. The van der Waals surface area contributed by atoms with E-state index in [0.717, 1.165) is 32.7 Å². The van der Waals surface area contributed by atoms with Gasteiger partial charge in [-0.1, -0.05) is 29.8 Å². The Morgan fingerprint density at radius 2 is 2.05 bits per heavy atom. The van der Waals surface area contributed by atoms with Crippen LogP contribution in [0.3, 0.4) is 0 Å². The zero-order chi connectivity index (χ0) is 14.6. The Labute approximate surface area is 122 Å². The molecule has 1 aromatic carbocycles. The molecule has 0 amide bonds. The quantitative estimate of drug-likeness (QED) is 0.632. The van der Waals surface area contributed by atoms with Crippen molar-refractivity contribution in [2.45, 2.75) is 38.8 Å². The van der Waals surface area contributed by atoms with Gasteiger partial charge in [-0.2, -0.15) is 0 Å². The van der Waals surface area contributed by atoms with E-state index in [1.165, 1.54) is 11.1 Å². The summed E-state index contributed by atoms with van der Waals surface area (Å²) in [7, 11) is 0. The fourth-order valence-corrected chi connectivity index (χ4v) is 2.95. The minimum Gasteiger partial charge on any atom is -0.379 e. The zero-order valence-electron chi connectivity index (χ0n) is 12.9. The molecule has 112 valence electrons. The van der Waals surface area contributed by atoms with Crippen LogP contribution < -0.4 is 11.3 Å². The van der Waals surface area contributed by atoms with Crippen LogP contribution in [0.1, 0.15) is 25.0 Å². The maximum absolute atomic E-state index is 5.84. The first kappa shape index (κ1) is 15.4. The molecule has 4 nitrogen and oxygen atoms in total. The Kier molecular flexibility index (Phi) is 5.16. The molecule has 0 spiro atoms. The SMILES string of the molecule is Cc1cccc(CC(NN)C(C)(C)N2CCOCC2)c1. The maximum Gasteiger partial charge on any atom is 0.0594 e. The molecule has 1 aliphatic heterocycles. The topological polar surface area (TPSA) is 50.5 Å². The number of hydrazine groups is 1. The number of nitrogens with two attached hydrogens (primary N) is 1. The predicted molar refractivity (Wildman–Crippen MR) is 82.5 cm³/mol. The molecular formula is C16H27N3O. The van der Waals surface area contributed by atoms with Gasteiger partial charge in [0.05, 0.1) is 13.2 Å². The van der Waals surface area contributed by atoms with Crippen molar-refractivity contribution in [1.29, 1.82) is 0 Å². The summed E-state index contributed by atoms with van der Waals surface area (Å²) >= 11 is 0. The lowest BCUT2D eigenvalue weighted by Gasteiger charge is -2.45. The standard InChI is InChI=1S/C16H27N3O/c1-13-5-4-6-14(11-13)12-15(18-17)16(2,3)19-7-9-20-10-8-19/h4-6,11,15,18H,7-10,12,17H2,1-3H3. The molecule has 1 heterocycles. The highest BCUT2D eigenvalue weighted by Crippen LogP contribution is 2.23. The Bertz CT molecular complexity index is 427. The molecular weight excluding hydrogens is 250 g/mol. The summed E-state index contributed by atoms with van der Waals surface area (Å²) in [6.45, 7) is 10.2. The molecule has 0 aromatic heterocycles. The van der Waals surface area contributed by atoms with Crippen molar-refractivity contribution >= 4 is 0 Å². The molecule has 1 aromatic rings. The third-order valence-electron chi connectivity index (χ3n) is 4.40. The van der Waals surface area contributed by atoms with E-state index in [-0.39, 0.29) is 11.6 Å². The molecule has 1 aliphatic rings. The molecule has 1 fully saturated rings. The Morgan fingerprint density at radius 1 is 1.35 bits per heavy atom. The molecule has 4 heteroatoms. The normalized spacial score (nSPS) is 19.0. The number of benzene rings is 1. The first-order valence-corrected chi connectivity index (χ1v) is 7.38. The van der Waals surface area contributed by atoms with Gasteiger partial charge >= 0.3 is 0 Å². The highest BCUT2D eigenvalue weighted by Gasteiger charge is 2.35. The maximum atomic E-state index is 5.84. The fourth-order valence-electron chi connectivity index (χ4n) is 2.95. The molecule has 20 heavy (non-hydrogen) atoms. The first-order chi connectivity index (χ1) is 9.54. The summed E-state index contributed by atoms with van der Waals surface area (Å²) in [5.41, 5.74) is 5.65. The third kappa shape index (κ3) is 3.58. The van der Waals surface area contributed by atoms with Crippen LogP contribution in [0.25, 0.3) is 0 Å². The third-order valence-corrected chi connectivity index (χ3v) is 4.40. The van der Waals surface area contributed by atoms with Gasteiger partial charge in [0.25, 0.3) is 0 Å². The highest BCUT2D eigenvalue weighted by atomic mass is 16.5. The Hall–Kier alpha value is -0.940.